The van der Waals surface area contributed by atoms with Crippen LogP contribution in [0.25, 0.3) is 0 Å². The molecule has 0 spiro atoms. The predicted octanol–water partition coefficient (Wildman–Crippen LogP) is -0.337. The second-order valence-corrected chi connectivity index (χ2v) is 3.47. The summed E-state index contributed by atoms with van der Waals surface area (Å²) in [6.45, 7) is 3.55. The van der Waals surface area contributed by atoms with Gasteiger partial charge in [0.1, 0.15) is 0 Å². The van der Waals surface area contributed by atoms with Crippen molar-refractivity contribution in [2.24, 2.45) is 10.9 Å². The van der Waals surface area contributed by atoms with Crippen LogP contribution in [0.1, 0.15) is 13.3 Å². The van der Waals surface area contributed by atoms with Crippen LogP contribution in [-0.2, 0) is 0 Å². The Labute approximate surface area is 79.6 Å². The van der Waals surface area contributed by atoms with Crippen molar-refractivity contribution in [1.82, 2.24) is 10.2 Å². The molecule has 0 amide bonds. The minimum absolute atomic E-state index is 0.219. The topological polar surface area (TPSA) is 73.9 Å². The summed E-state index contributed by atoms with van der Waals surface area (Å²) in [5, 5.41) is 14.3. The minimum Gasteiger partial charge on any atom is -0.409 e. The SMILES string of the molecule is CC(CCN(C)C)NCC(N)=NO. The lowest BCUT2D eigenvalue weighted by molar-refractivity contribution is 0.316. The summed E-state index contributed by atoms with van der Waals surface area (Å²) in [5.74, 6) is 0.219. The van der Waals surface area contributed by atoms with E-state index in [9.17, 15) is 0 Å². The number of hydrogen-bond acceptors (Lipinski definition) is 4. The Balaban J connectivity index is 3.46. The van der Waals surface area contributed by atoms with Crippen molar-refractivity contribution in [2.45, 2.75) is 19.4 Å². The Morgan fingerprint density at radius 3 is 2.69 bits per heavy atom. The standard InChI is InChI=1S/C8H20N4O/c1-7(4-5-12(2)3)10-6-8(9)11-13/h7,10,13H,4-6H2,1-3H3,(H2,9,11). The van der Waals surface area contributed by atoms with Gasteiger partial charge in [0, 0.05) is 6.04 Å². The predicted molar refractivity (Wildman–Crippen MR) is 54.0 cm³/mol. The highest BCUT2D eigenvalue weighted by Crippen LogP contribution is 1.90. The Morgan fingerprint density at radius 2 is 2.23 bits per heavy atom. The molecule has 0 aromatic carbocycles. The first-order valence-electron chi connectivity index (χ1n) is 4.40. The Kier molecular flexibility index (Phi) is 6.26. The van der Waals surface area contributed by atoms with Crippen molar-refractivity contribution in [3.05, 3.63) is 0 Å². The van der Waals surface area contributed by atoms with Gasteiger partial charge in [0.05, 0.1) is 6.54 Å². The lowest BCUT2D eigenvalue weighted by Crippen LogP contribution is -2.36. The fraction of sp³-hybridized carbons (Fsp3) is 0.875. The van der Waals surface area contributed by atoms with Crippen LogP contribution in [0.4, 0.5) is 0 Å². The van der Waals surface area contributed by atoms with Crippen LogP contribution in [0.5, 0.6) is 0 Å². The zero-order chi connectivity index (χ0) is 10.3. The number of nitrogens with two attached hydrogens (primary N) is 1. The summed E-state index contributed by atoms with van der Waals surface area (Å²) >= 11 is 0. The van der Waals surface area contributed by atoms with Gasteiger partial charge in [-0.1, -0.05) is 5.16 Å². The van der Waals surface area contributed by atoms with E-state index in [1.165, 1.54) is 0 Å². The molecular formula is C8H20N4O. The van der Waals surface area contributed by atoms with E-state index < -0.39 is 0 Å². The second-order valence-electron chi connectivity index (χ2n) is 3.47. The number of nitrogens with zero attached hydrogens (tertiary/aromatic N) is 2. The Hall–Kier alpha value is -0.810. The third kappa shape index (κ3) is 7.55. The van der Waals surface area contributed by atoms with E-state index in [0.717, 1.165) is 13.0 Å². The molecule has 4 N–H and O–H groups in total. The average molecular weight is 188 g/mol. The molecule has 1 unspecified atom stereocenters. The number of oxime groups is 1. The third-order valence-corrected chi connectivity index (χ3v) is 1.77. The van der Waals surface area contributed by atoms with Gasteiger partial charge in [-0.15, -0.1) is 0 Å². The second kappa shape index (κ2) is 6.68. The molecule has 0 rings (SSSR count). The van der Waals surface area contributed by atoms with Gasteiger partial charge in [0.25, 0.3) is 0 Å². The van der Waals surface area contributed by atoms with Crippen LogP contribution in [0.2, 0.25) is 0 Å². The monoisotopic (exact) mass is 188 g/mol. The molecule has 0 heterocycles. The summed E-state index contributed by atoms with van der Waals surface area (Å²) in [5.41, 5.74) is 5.30. The smallest absolute Gasteiger partial charge is 0.153 e. The van der Waals surface area contributed by atoms with Crippen molar-refractivity contribution >= 4 is 5.84 Å². The third-order valence-electron chi connectivity index (χ3n) is 1.77. The first-order valence-corrected chi connectivity index (χ1v) is 4.40. The van der Waals surface area contributed by atoms with E-state index in [0.29, 0.717) is 12.6 Å². The van der Waals surface area contributed by atoms with E-state index in [-0.39, 0.29) is 5.84 Å². The van der Waals surface area contributed by atoms with E-state index in [4.69, 9.17) is 10.9 Å². The number of nitrogens with one attached hydrogen (secondary N) is 1. The summed E-state index contributed by atoms with van der Waals surface area (Å²) in [7, 11) is 4.08. The largest absolute Gasteiger partial charge is 0.409 e. The van der Waals surface area contributed by atoms with Crippen molar-refractivity contribution in [3.8, 4) is 0 Å². The van der Waals surface area contributed by atoms with E-state index >= 15 is 0 Å². The molecule has 0 aromatic heterocycles. The number of amidine groups is 1. The van der Waals surface area contributed by atoms with Crippen molar-refractivity contribution < 1.29 is 5.21 Å². The Morgan fingerprint density at radius 1 is 1.62 bits per heavy atom. The first-order chi connectivity index (χ1) is 6.06. The summed E-state index contributed by atoms with van der Waals surface area (Å²) < 4.78 is 0. The van der Waals surface area contributed by atoms with Crippen LogP contribution >= 0.6 is 0 Å². The van der Waals surface area contributed by atoms with Crippen molar-refractivity contribution in [3.63, 3.8) is 0 Å². The molecule has 13 heavy (non-hydrogen) atoms. The molecule has 0 bridgehead atoms. The highest BCUT2D eigenvalue weighted by atomic mass is 16.4. The maximum atomic E-state index is 8.28. The van der Waals surface area contributed by atoms with E-state index in [2.05, 4.69) is 22.3 Å². The highest BCUT2D eigenvalue weighted by Gasteiger charge is 2.02. The minimum atomic E-state index is 0.219. The first kappa shape index (κ1) is 12.2. The molecule has 1 atom stereocenters. The van der Waals surface area contributed by atoms with Gasteiger partial charge in [-0.25, -0.2) is 0 Å². The quantitative estimate of drug-likeness (QED) is 0.231. The molecule has 0 aliphatic rings. The molecule has 0 aliphatic heterocycles. The maximum Gasteiger partial charge on any atom is 0.153 e. The van der Waals surface area contributed by atoms with Crippen molar-refractivity contribution in [1.29, 1.82) is 0 Å². The molecule has 0 saturated heterocycles. The molecule has 0 radical (unpaired) electrons. The lowest BCUT2D eigenvalue weighted by atomic mass is 10.2. The van der Waals surface area contributed by atoms with Gasteiger partial charge < -0.3 is 21.2 Å². The van der Waals surface area contributed by atoms with Crippen molar-refractivity contribution in [2.75, 3.05) is 27.2 Å². The molecule has 0 saturated carbocycles. The van der Waals surface area contributed by atoms with Gasteiger partial charge in [-0.05, 0) is 34.0 Å². The molecule has 5 nitrogen and oxygen atoms in total. The zero-order valence-corrected chi connectivity index (χ0v) is 8.62. The Bertz CT molecular complexity index is 158. The van der Waals surface area contributed by atoms with Gasteiger partial charge in [0.15, 0.2) is 5.84 Å². The molecular weight excluding hydrogens is 168 g/mol. The van der Waals surface area contributed by atoms with Gasteiger partial charge in [-0.2, -0.15) is 0 Å². The zero-order valence-electron chi connectivity index (χ0n) is 8.62. The fourth-order valence-corrected chi connectivity index (χ4v) is 0.868. The van der Waals surface area contributed by atoms with Gasteiger partial charge >= 0.3 is 0 Å². The maximum absolute atomic E-state index is 8.28. The van der Waals surface area contributed by atoms with Crippen LogP contribution in [-0.4, -0.2) is 49.2 Å². The average Bonchev–Trinajstić information content (AvgIpc) is 2.10. The molecule has 0 aliphatic carbocycles. The lowest BCUT2D eigenvalue weighted by Gasteiger charge is -2.15. The van der Waals surface area contributed by atoms with Crippen LogP contribution < -0.4 is 11.1 Å². The van der Waals surface area contributed by atoms with Gasteiger partial charge in [0.2, 0.25) is 0 Å². The normalized spacial score (nSPS) is 14.9. The summed E-state index contributed by atoms with van der Waals surface area (Å²) in [6, 6.07) is 0.377. The number of hydrogen-bond donors (Lipinski definition) is 3. The summed E-state index contributed by atoms with van der Waals surface area (Å²) in [6.07, 6.45) is 1.05. The summed E-state index contributed by atoms with van der Waals surface area (Å²) in [4.78, 5) is 2.13. The number of rotatable bonds is 6. The van der Waals surface area contributed by atoms with Gasteiger partial charge in [-0.3, -0.25) is 0 Å². The van der Waals surface area contributed by atoms with Crippen LogP contribution in [0.3, 0.4) is 0 Å². The van der Waals surface area contributed by atoms with Crippen LogP contribution in [0.15, 0.2) is 5.16 Å². The highest BCUT2D eigenvalue weighted by molar-refractivity contribution is 5.81. The van der Waals surface area contributed by atoms with Crippen LogP contribution in [0, 0.1) is 0 Å². The fourth-order valence-electron chi connectivity index (χ4n) is 0.868. The molecule has 0 fully saturated rings. The molecule has 78 valence electrons. The molecule has 5 heteroatoms. The molecule has 0 aromatic rings. The van der Waals surface area contributed by atoms with E-state index in [1.807, 2.05) is 14.1 Å². The van der Waals surface area contributed by atoms with E-state index in [1.54, 1.807) is 0 Å².